The monoisotopic (exact) mass is 239 g/mol. The van der Waals surface area contributed by atoms with Crippen molar-refractivity contribution >= 4 is 9.84 Å². The molecule has 88 valence electrons. The molecule has 1 heterocycles. The Bertz CT molecular complexity index is 439. The van der Waals surface area contributed by atoms with Crippen molar-refractivity contribution in [3.8, 4) is 0 Å². The lowest BCUT2D eigenvalue weighted by Crippen LogP contribution is -2.48. The van der Waals surface area contributed by atoms with Crippen molar-refractivity contribution in [3.05, 3.63) is 35.9 Å². The van der Waals surface area contributed by atoms with Crippen LogP contribution >= 0.6 is 0 Å². The third-order valence-corrected chi connectivity index (χ3v) is 4.87. The van der Waals surface area contributed by atoms with E-state index in [1.165, 1.54) is 5.56 Å². The Morgan fingerprint density at radius 1 is 1.12 bits per heavy atom. The molecule has 4 heteroatoms. The molecular formula is C12H17NO2S. The van der Waals surface area contributed by atoms with Gasteiger partial charge in [0.05, 0.1) is 11.5 Å². The van der Waals surface area contributed by atoms with Gasteiger partial charge < -0.3 is 5.73 Å². The summed E-state index contributed by atoms with van der Waals surface area (Å²) in [6, 6.07) is 10.0. The van der Waals surface area contributed by atoms with Gasteiger partial charge in [0.25, 0.3) is 0 Å². The molecule has 0 spiro atoms. The fourth-order valence-corrected chi connectivity index (χ4v) is 3.76. The highest BCUT2D eigenvalue weighted by molar-refractivity contribution is 7.91. The van der Waals surface area contributed by atoms with E-state index in [9.17, 15) is 8.42 Å². The number of benzene rings is 1. The fourth-order valence-electron chi connectivity index (χ4n) is 2.12. The zero-order valence-corrected chi connectivity index (χ0v) is 10.0. The number of hydrogen-bond donors (Lipinski definition) is 1. The Morgan fingerprint density at radius 2 is 1.69 bits per heavy atom. The molecule has 1 aliphatic rings. The third-order valence-electron chi connectivity index (χ3n) is 3.22. The lowest BCUT2D eigenvalue weighted by molar-refractivity contribution is 0.379. The zero-order valence-electron chi connectivity index (χ0n) is 9.22. The Kier molecular flexibility index (Phi) is 3.04. The van der Waals surface area contributed by atoms with Crippen LogP contribution in [0.5, 0.6) is 0 Å². The van der Waals surface area contributed by atoms with Gasteiger partial charge in [-0.3, -0.25) is 0 Å². The van der Waals surface area contributed by atoms with Gasteiger partial charge in [-0.15, -0.1) is 0 Å². The minimum atomic E-state index is -2.83. The molecular weight excluding hydrogens is 222 g/mol. The Hall–Kier alpha value is -0.870. The number of hydrogen-bond acceptors (Lipinski definition) is 3. The first kappa shape index (κ1) is 11.6. The molecule has 0 aliphatic carbocycles. The average molecular weight is 239 g/mol. The summed E-state index contributed by atoms with van der Waals surface area (Å²) < 4.78 is 22.7. The van der Waals surface area contributed by atoms with Crippen molar-refractivity contribution in [2.75, 3.05) is 11.5 Å². The second kappa shape index (κ2) is 4.18. The average Bonchev–Trinajstić information content (AvgIpc) is 2.25. The molecule has 0 atom stereocenters. The van der Waals surface area contributed by atoms with Crippen molar-refractivity contribution in [1.29, 1.82) is 0 Å². The number of sulfone groups is 1. The third kappa shape index (κ3) is 2.83. The van der Waals surface area contributed by atoms with Gasteiger partial charge in [-0.25, -0.2) is 8.42 Å². The second-order valence-electron chi connectivity index (χ2n) is 4.68. The van der Waals surface area contributed by atoms with Crippen LogP contribution < -0.4 is 5.73 Å². The highest BCUT2D eigenvalue weighted by atomic mass is 32.2. The topological polar surface area (TPSA) is 60.2 Å². The van der Waals surface area contributed by atoms with Crippen LogP contribution in [0, 0.1) is 0 Å². The van der Waals surface area contributed by atoms with E-state index in [-0.39, 0.29) is 17.0 Å². The maximum atomic E-state index is 11.3. The molecule has 1 saturated heterocycles. The molecule has 16 heavy (non-hydrogen) atoms. The van der Waals surface area contributed by atoms with Gasteiger partial charge in [-0.05, 0) is 24.8 Å². The summed E-state index contributed by atoms with van der Waals surface area (Å²) in [7, 11) is -2.83. The van der Waals surface area contributed by atoms with E-state index in [1.54, 1.807) is 0 Å². The highest BCUT2D eigenvalue weighted by Crippen LogP contribution is 2.25. The molecule has 2 rings (SSSR count). The van der Waals surface area contributed by atoms with Crippen LogP contribution in [0.2, 0.25) is 0 Å². The molecule has 1 fully saturated rings. The summed E-state index contributed by atoms with van der Waals surface area (Å²) in [4.78, 5) is 0. The van der Waals surface area contributed by atoms with Gasteiger partial charge in [0.1, 0.15) is 9.84 Å². The van der Waals surface area contributed by atoms with Gasteiger partial charge >= 0.3 is 0 Å². The smallest absolute Gasteiger partial charge is 0.150 e. The minimum absolute atomic E-state index is 0.232. The summed E-state index contributed by atoms with van der Waals surface area (Å²) in [6.07, 6.45) is 1.91. The van der Waals surface area contributed by atoms with Crippen molar-refractivity contribution < 1.29 is 8.42 Å². The molecule has 0 bridgehead atoms. The van der Waals surface area contributed by atoms with E-state index >= 15 is 0 Å². The quantitative estimate of drug-likeness (QED) is 0.841. The summed E-state index contributed by atoms with van der Waals surface area (Å²) in [6.45, 7) is 0. The van der Waals surface area contributed by atoms with Crippen LogP contribution in [-0.4, -0.2) is 25.5 Å². The molecule has 1 aromatic carbocycles. The molecule has 0 aromatic heterocycles. The maximum absolute atomic E-state index is 11.3. The SMILES string of the molecule is NC1(Cc2ccccc2)CCS(=O)(=O)CC1. The molecule has 1 aromatic rings. The molecule has 1 aliphatic heterocycles. The van der Waals surface area contributed by atoms with Crippen LogP contribution in [0.3, 0.4) is 0 Å². The summed E-state index contributed by atoms with van der Waals surface area (Å²) >= 11 is 0. The van der Waals surface area contributed by atoms with E-state index in [0.717, 1.165) is 6.42 Å². The second-order valence-corrected chi connectivity index (χ2v) is 6.98. The fraction of sp³-hybridized carbons (Fsp3) is 0.500. The predicted octanol–water partition coefficient (Wildman–Crippen LogP) is 1.14. The predicted molar refractivity (Wildman–Crippen MR) is 65.0 cm³/mol. The Labute approximate surface area is 96.6 Å². The van der Waals surface area contributed by atoms with E-state index in [2.05, 4.69) is 0 Å². The van der Waals surface area contributed by atoms with Gasteiger partial charge in [-0.2, -0.15) is 0 Å². The summed E-state index contributed by atoms with van der Waals surface area (Å²) in [5, 5.41) is 0. The molecule has 0 saturated carbocycles. The van der Waals surface area contributed by atoms with E-state index in [1.807, 2.05) is 30.3 Å². The number of nitrogens with two attached hydrogens (primary N) is 1. The normalized spacial score (nSPS) is 22.8. The first-order chi connectivity index (χ1) is 7.49. The standard InChI is InChI=1S/C12H17NO2S/c13-12(6-8-16(14,15)9-7-12)10-11-4-2-1-3-5-11/h1-5H,6-10,13H2. The van der Waals surface area contributed by atoms with Crippen LogP contribution in [0.15, 0.2) is 30.3 Å². The first-order valence-corrected chi connectivity index (χ1v) is 7.35. The van der Waals surface area contributed by atoms with Gasteiger partial charge in [0.15, 0.2) is 0 Å². The Morgan fingerprint density at radius 3 is 2.25 bits per heavy atom. The van der Waals surface area contributed by atoms with Crippen LogP contribution in [0.1, 0.15) is 18.4 Å². The number of rotatable bonds is 2. The zero-order chi connectivity index (χ0) is 11.6. The molecule has 0 radical (unpaired) electrons. The largest absolute Gasteiger partial charge is 0.325 e. The van der Waals surface area contributed by atoms with Gasteiger partial charge in [0.2, 0.25) is 0 Å². The van der Waals surface area contributed by atoms with E-state index in [4.69, 9.17) is 5.73 Å². The van der Waals surface area contributed by atoms with Crippen LogP contribution in [0.25, 0.3) is 0 Å². The van der Waals surface area contributed by atoms with Crippen molar-refractivity contribution in [3.63, 3.8) is 0 Å². The molecule has 0 unspecified atom stereocenters. The lowest BCUT2D eigenvalue weighted by atomic mass is 9.86. The van der Waals surface area contributed by atoms with Crippen molar-refractivity contribution in [1.82, 2.24) is 0 Å². The van der Waals surface area contributed by atoms with Gasteiger partial charge in [0, 0.05) is 5.54 Å². The van der Waals surface area contributed by atoms with E-state index in [0.29, 0.717) is 12.8 Å². The van der Waals surface area contributed by atoms with Crippen LogP contribution in [0.4, 0.5) is 0 Å². The van der Waals surface area contributed by atoms with Gasteiger partial charge in [-0.1, -0.05) is 30.3 Å². The van der Waals surface area contributed by atoms with Crippen molar-refractivity contribution in [2.24, 2.45) is 5.73 Å². The van der Waals surface area contributed by atoms with Crippen LogP contribution in [-0.2, 0) is 16.3 Å². The Balaban J connectivity index is 2.06. The highest BCUT2D eigenvalue weighted by Gasteiger charge is 2.33. The maximum Gasteiger partial charge on any atom is 0.150 e. The summed E-state index contributed by atoms with van der Waals surface area (Å²) in [5.74, 6) is 0.465. The van der Waals surface area contributed by atoms with E-state index < -0.39 is 9.84 Å². The lowest BCUT2D eigenvalue weighted by Gasteiger charge is -2.33. The minimum Gasteiger partial charge on any atom is -0.325 e. The van der Waals surface area contributed by atoms with Crippen molar-refractivity contribution in [2.45, 2.75) is 24.8 Å². The first-order valence-electron chi connectivity index (χ1n) is 5.52. The molecule has 3 nitrogen and oxygen atoms in total. The summed E-state index contributed by atoms with van der Waals surface area (Å²) in [5.41, 5.74) is 7.09. The molecule has 2 N–H and O–H groups in total. The molecule has 0 amide bonds.